The van der Waals surface area contributed by atoms with Gasteiger partial charge in [-0.15, -0.1) is 0 Å². The predicted octanol–water partition coefficient (Wildman–Crippen LogP) is 3.33. The zero-order chi connectivity index (χ0) is 11.5. The molecule has 0 saturated heterocycles. The van der Waals surface area contributed by atoms with E-state index in [1.165, 1.54) is 5.69 Å². The fourth-order valence-electron chi connectivity index (χ4n) is 1.57. The smallest absolute Gasteiger partial charge is 0.109 e. The van der Waals surface area contributed by atoms with Gasteiger partial charge in [-0.3, -0.25) is 4.68 Å². The van der Waals surface area contributed by atoms with Crippen LogP contribution in [0.1, 0.15) is 11.4 Å². The molecule has 0 bridgehead atoms. The topological polar surface area (TPSA) is 29.9 Å². The van der Waals surface area contributed by atoms with Gasteiger partial charge in [0, 0.05) is 15.9 Å². The molecule has 0 atom stereocenters. The van der Waals surface area contributed by atoms with Crippen LogP contribution in [0.25, 0.3) is 0 Å². The van der Waals surface area contributed by atoms with Crippen LogP contribution in [0, 0.1) is 13.8 Å². The van der Waals surface area contributed by atoms with Gasteiger partial charge in [0.2, 0.25) is 0 Å². The van der Waals surface area contributed by atoms with Crippen molar-refractivity contribution in [3.05, 3.63) is 46.2 Å². The summed E-state index contributed by atoms with van der Waals surface area (Å²) in [4.78, 5) is 0. The SMILES string of the molecule is Cc1cc(C)n(CNc2ccc(Br)cc2)n1. The molecular formula is C12H14BrN3. The third kappa shape index (κ3) is 2.64. The molecule has 2 aromatic rings. The number of benzene rings is 1. The van der Waals surface area contributed by atoms with Crippen molar-refractivity contribution in [3.8, 4) is 0 Å². The molecule has 0 aliphatic rings. The van der Waals surface area contributed by atoms with Gasteiger partial charge in [0.25, 0.3) is 0 Å². The van der Waals surface area contributed by atoms with E-state index in [0.717, 1.165) is 15.9 Å². The summed E-state index contributed by atoms with van der Waals surface area (Å²) < 4.78 is 3.04. The molecule has 0 aliphatic heterocycles. The third-order valence-electron chi connectivity index (χ3n) is 2.38. The highest BCUT2D eigenvalue weighted by atomic mass is 79.9. The summed E-state index contributed by atoms with van der Waals surface area (Å²) in [5.41, 5.74) is 3.31. The average Bonchev–Trinajstić information content (AvgIpc) is 2.57. The zero-order valence-corrected chi connectivity index (χ0v) is 11.0. The Hall–Kier alpha value is -1.29. The van der Waals surface area contributed by atoms with Gasteiger partial charge in [-0.1, -0.05) is 15.9 Å². The van der Waals surface area contributed by atoms with E-state index in [4.69, 9.17) is 0 Å². The number of halogens is 1. The monoisotopic (exact) mass is 279 g/mol. The Morgan fingerprint density at radius 2 is 1.94 bits per heavy atom. The molecule has 0 fully saturated rings. The van der Waals surface area contributed by atoms with Crippen LogP contribution in [-0.2, 0) is 6.67 Å². The van der Waals surface area contributed by atoms with E-state index in [9.17, 15) is 0 Å². The Balaban J connectivity index is 2.02. The maximum atomic E-state index is 4.39. The fraction of sp³-hybridized carbons (Fsp3) is 0.250. The van der Waals surface area contributed by atoms with Crippen molar-refractivity contribution in [3.63, 3.8) is 0 Å². The standard InChI is InChI=1S/C12H14BrN3/c1-9-7-10(2)16(15-9)8-14-12-5-3-11(13)4-6-12/h3-7,14H,8H2,1-2H3. The van der Waals surface area contributed by atoms with E-state index in [-0.39, 0.29) is 0 Å². The molecule has 0 saturated carbocycles. The number of hydrogen-bond donors (Lipinski definition) is 1. The van der Waals surface area contributed by atoms with E-state index in [2.05, 4.69) is 39.3 Å². The zero-order valence-electron chi connectivity index (χ0n) is 9.37. The van der Waals surface area contributed by atoms with Gasteiger partial charge < -0.3 is 5.32 Å². The van der Waals surface area contributed by atoms with Gasteiger partial charge in [-0.2, -0.15) is 5.10 Å². The Kier molecular flexibility index (Phi) is 3.29. The number of rotatable bonds is 3. The maximum Gasteiger partial charge on any atom is 0.109 e. The average molecular weight is 280 g/mol. The van der Waals surface area contributed by atoms with Crippen LogP contribution in [0.2, 0.25) is 0 Å². The number of hydrogen-bond acceptors (Lipinski definition) is 2. The van der Waals surface area contributed by atoms with E-state index in [1.807, 2.05) is 35.9 Å². The first kappa shape index (κ1) is 11.2. The summed E-state index contributed by atoms with van der Waals surface area (Å²) in [6.45, 7) is 4.76. The summed E-state index contributed by atoms with van der Waals surface area (Å²) in [6.07, 6.45) is 0. The van der Waals surface area contributed by atoms with Crippen molar-refractivity contribution in [2.45, 2.75) is 20.5 Å². The summed E-state index contributed by atoms with van der Waals surface area (Å²) in [7, 11) is 0. The Labute approximate surface area is 104 Å². The number of aromatic nitrogens is 2. The predicted molar refractivity (Wildman–Crippen MR) is 69.5 cm³/mol. The first-order valence-electron chi connectivity index (χ1n) is 5.15. The van der Waals surface area contributed by atoms with Crippen LogP contribution in [-0.4, -0.2) is 9.78 Å². The molecular weight excluding hydrogens is 266 g/mol. The molecule has 84 valence electrons. The lowest BCUT2D eigenvalue weighted by Gasteiger charge is -2.08. The van der Waals surface area contributed by atoms with Gasteiger partial charge in [0.1, 0.15) is 6.67 Å². The van der Waals surface area contributed by atoms with Crippen LogP contribution < -0.4 is 5.32 Å². The molecule has 1 heterocycles. The highest BCUT2D eigenvalue weighted by molar-refractivity contribution is 9.10. The van der Waals surface area contributed by atoms with Gasteiger partial charge >= 0.3 is 0 Å². The number of aryl methyl sites for hydroxylation is 2. The van der Waals surface area contributed by atoms with Gasteiger partial charge in [0.05, 0.1) is 5.69 Å². The molecule has 1 aromatic carbocycles. The summed E-state index contributed by atoms with van der Waals surface area (Å²) in [5, 5.41) is 7.71. The van der Waals surface area contributed by atoms with Gasteiger partial charge in [0.15, 0.2) is 0 Å². The summed E-state index contributed by atoms with van der Waals surface area (Å²) in [5.74, 6) is 0. The number of nitrogens with zero attached hydrogens (tertiary/aromatic N) is 2. The van der Waals surface area contributed by atoms with E-state index in [1.54, 1.807) is 0 Å². The Bertz CT molecular complexity index is 474. The van der Waals surface area contributed by atoms with Crippen molar-refractivity contribution in [1.82, 2.24) is 9.78 Å². The molecule has 0 unspecified atom stereocenters. The van der Waals surface area contributed by atoms with E-state index in [0.29, 0.717) is 6.67 Å². The highest BCUT2D eigenvalue weighted by Gasteiger charge is 1.99. The van der Waals surface area contributed by atoms with Gasteiger partial charge in [-0.25, -0.2) is 0 Å². The lowest BCUT2D eigenvalue weighted by molar-refractivity contribution is 0.644. The fourth-order valence-corrected chi connectivity index (χ4v) is 1.83. The first-order valence-corrected chi connectivity index (χ1v) is 5.95. The lowest BCUT2D eigenvalue weighted by atomic mass is 10.3. The van der Waals surface area contributed by atoms with Crippen LogP contribution in [0.3, 0.4) is 0 Å². The first-order chi connectivity index (χ1) is 7.65. The second kappa shape index (κ2) is 4.70. The largest absolute Gasteiger partial charge is 0.366 e. The molecule has 0 spiro atoms. The second-order valence-electron chi connectivity index (χ2n) is 3.77. The summed E-state index contributed by atoms with van der Waals surface area (Å²) >= 11 is 3.41. The van der Waals surface area contributed by atoms with Crippen molar-refractivity contribution >= 4 is 21.6 Å². The quantitative estimate of drug-likeness (QED) is 0.934. The molecule has 0 radical (unpaired) electrons. The number of anilines is 1. The maximum absolute atomic E-state index is 4.39. The minimum absolute atomic E-state index is 0.696. The van der Waals surface area contributed by atoms with Crippen molar-refractivity contribution in [2.75, 3.05) is 5.32 Å². The van der Waals surface area contributed by atoms with Crippen molar-refractivity contribution in [1.29, 1.82) is 0 Å². The van der Waals surface area contributed by atoms with Crippen LogP contribution in [0.5, 0.6) is 0 Å². The highest BCUT2D eigenvalue weighted by Crippen LogP contribution is 2.14. The van der Waals surface area contributed by atoms with Crippen LogP contribution in [0.4, 0.5) is 5.69 Å². The summed E-state index contributed by atoms with van der Waals surface area (Å²) in [6, 6.07) is 10.2. The normalized spacial score (nSPS) is 10.4. The second-order valence-corrected chi connectivity index (χ2v) is 4.68. The molecule has 1 aromatic heterocycles. The molecule has 16 heavy (non-hydrogen) atoms. The molecule has 0 amide bonds. The Morgan fingerprint density at radius 3 is 2.50 bits per heavy atom. The minimum Gasteiger partial charge on any atom is -0.366 e. The van der Waals surface area contributed by atoms with Crippen LogP contribution >= 0.6 is 15.9 Å². The van der Waals surface area contributed by atoms with E-state index >= 15 is 0 Å². The molecule has 1 N–H and O–H groups in total. The van der Waals surface area contributed by atoms with E-state index < -0.39 is 0 Å². The minimum atomic E-state index is 0.696. The molecule has 3 nitrogen and oxygen atoms in total. The van der Waals surface area contributed by atoms with Crippen molar-refractivity contribution < 1.29 is 0 Å². The van der Waals surface area contributed by atoms with Crippen LogP contribution in [0.15, 0.2) is 34.8 Å². The Morgan fingerprint density at radius 1 is 1.25 bits per heavy atom. The third-order valence-corrected chi connectivity index (χ3v) is 2.91. The number of nitrogens with one attached hydrogen (secondary N) is 1. The van der Waals surface area contributed by atoms with Gasteiger partial charge in [-0.05, 0) is 44.2 Å². The lowest BCUT2D eigenvalue weighted by Crippen LogP contribution is -2.10. The molecule has 0 aliphatic carbocycles. The van der Waals surface area contributed by atoms with Crippen molar-refractivity contribution in [2.24, 2.45) is 0 Å². The molecule has 4 heteroatoms. The molecule has 2 rings (SSSR count).